The third-order valence-corrected chi connectivity index (χ3v) is 6.95. The van der Waals surface area contributed by atoms with E-state index in [0.29, 0.717) is 12.0 Å². The van der Waals surface area contributed by atoms with E-state index in [1.165, 1.54) is 26.4 Å². The zero-order chi connectivity index (χ0) is 24.1. The average Bonchev–Trinajstić information content (AvgIpc) is 3.00. The van der Waals surface area contributed by atoms with Crippen LogP contribution in [-0.4, -0.2) is 31.1 Å². The Bertz CT molecular complexity index is 1180. The topological polar surface area (TPSA) is 76.1 Å². The van der Waals surface area contributed by atoms with Crippen LogP contribution in [-0.2, 0) is 9.59 Å². The summed E-state index contributed by atoms with van der Waals surface area (Å²) in [6.45, 7) is 5.65. The number of fused-ring (bicyclic) bond motifs is 1. The Morgan fingerprint density at radius 3 is 2.39 bits per heavy atom. The van der Waals surface area contributed by atoms with E-state index in [1.807, 2.05) is 6.08 Å². The molecule has 0 aromatic heterocycles. The number of nitrogens with zero attached hydrogens (tertiary/aromatic N) is 1. The highest BCUT2D eigenvalue weighted by Gasteiger charge is 2.62. The number of anilines is 1. The monoisotopic (exact) mass is 471 g/mol. The number of hydrogen-bond donors (Lipinski definition) is 1. The normalized spacial score (nSPS) is 24.4. The fourth-order valence-corrected chi connectivity index (χ4v) is 5.15. The smallest absolute Gasteiger partial charge is 0.241 e. The summed E-state index contributed by atoms with van der Waals surface area (Å²) in [5.41, 5.74) is 0.430. The van der Waals surface area contributed by atoms with Crippen molar-refractivity contribution in [3.63, 3.8) is 0 Å². The van der Waals surface area contributed by atoms with E-state index < -0.39 is 29.0 Å². The van der Waals surface area contributed by atoms with Crippen molar-refractivity contribution in [3.05, 3.63) is 71.0 Å². The second-order valence-corrected chi connectivity index (χ2v) is 8.67. The van der Waals surface area contributed by atoms with Crippen molar-refractivity contribution in [2.45, 2.75) is 19.3 Å². The van der Waals surface area contributed by atoms with Crippen LogP contribution in [0.5, 0.6) is 17.2 Å². The van der Waals surface area contributed by atoms with E-state index in [9.17, 15) is 19.1 Å². The largest absolute Gasteiger partial charge is 0.502 e. The molecule has 1 saturated heterocycles. The first-order valence-corrected chi connectivity index (χ1v) is 10.7. The number of amides is 2. The molecule has 3 atom stereocenters. The predicted molar refractivity (Wildman–Crippen MR) is 122 cm³/mol. The maximum absolute atomic E-state index is 13.9. The second-order valence-electron chi connectivity index (χ2n) is 8.26. The van der Waals surface area contributed by atoms with E-state index in [4.69, 9.17) is 21.1 Å². The summed E-state index contributed by atoms with van der Waals surface area (Å²) >= 11 is 5.93. The number of rotatable bonds is 5. The van der Waals surface area contributed by atoms with Crippen LogP contribution in [0.25, 0.3) is 0 Å². The molecule has 2 aromatic rings. The number of aromatic hydroxyl groups is 1. The van der Waals surface area contributed by atoms with Crippen molar-refractivity contribution in [2.24, 2.45) is 11.3 Å². The predicted octanol–water partition coefficient (Wildman–Crippen LogP) is 5.00. The summed E-state index contributed by atoms with van der Waals surface area (Å²) < 4.78 is 24.3. The Hall–Kier alpha value is -3.32. The number of methoxy groups -OCH3 is 2. The maximum atomic E-state index is 13.9. The van der Waals surface area contributed by atoms with E-state index in [-0.39, 0.29) is 33.9 Å². The molecule has 8 heteroatoms. The number of phenolic OH excluding ortho intramolecular Hbond substituents is 1. The van der Waals surface area contributed by atoms with Gasteiger partial charge >= 0.3 is 0 Å². The molecule has 2 aromatic carbocycles. The second kappa shape index (κ2) is 8.23. The SMILES string of the molecule is C=CC1=CCC2C(=O)N(c3ccc(F)c(Cl)c3)C(=O)C2(C)C1c1cc(OC)c(O)c(OC)c1. The molecule has 4 rings (SSSR count). The highest BCUT2D eigenvalue weighted by Crippen LogP contribution is 2.58. The van der Waals surface area contributed by atoms with Gasteiger partial charge in [-0.25, -0.2) is 9.29 Å². The van der Waals surface area contributed by atoms with Crippen molar-refractivity contribution in [1.29, 1.82) is 0 Å². The maximum Gasteiger partial charge on any atom is 0.241 e. The van der Waals surface area contributed by atoms with Gasteiger partial charge in [0.2, 0.25) is 17.6 Å². The zero-order valence-electron chi connectivity index (χ0n) is 18.4. The summed E-state index contributed by atoms with van der Waals surface area (Å²) in [5, 5.41) is 10.2. The molecule has 1 fully saturated rings. The molecule has 1 N–H and O–H groups in total. The Balaban J connectivity index is 1.90. The van der Waals surface area contributed by atoms with Gasteiger partial charge in [-0.2, -0.15) is 0 Å². The lowest BCUT2D eigenvalue weighted by atomic mass is 9.60. The number of imide groups is 1. The zero-order valence-corrected chi connectivity index (χ0v) is 19.1. The van der Waals surface area contributed by atoms with Gasteiger partial charge in [0.15, 0.2) is 11.5 Å². The van der Waals surface area contributed by atoms with E-state index in [0.717, 1.165) is 16.5 Å². The van der Waals surface area contributed by atoms with Crippen molar-refractivity contribution in [3.8, 4) is 17.2 Å². The number of carbonyl (C=O) groups is 2. The minimum atomic E-state index is -1.18. The summed E-state index contributed by atoms with van der Waals surface area (Å²) in [7, 11) is 2.83. The van der Waals surface area contributed by atoms with Crippen LogP contribution in [0.15, 0.2) is 54.6 Å². The molecule has 172 valence electrons. The number of phenols is 1. The van der Waals surface area contributed by atoms with Gasteiger partial charge in [0.25, 0.3) is 0 Å². The van der Waals surface area contributed by atoms with Crippen molar-refractivity contribution < 1.29 is 28.6 Å². The fourth-order valence-electron chi connectivity index (χ4n) is 4.98. The molecule has 3 unspecified atom stereocenters. The molecule has 1 aliphatic carbocycles. The molecule has 1 aliphatic heterocycles. The third-order valence-electron chi connectivity index (χ3n) is 6.66. The molecule has 2 amide bonds. The van der Waals surface area contributed by atoms with Crippen LogP contribution in [0.2, 0.25) is 5.02 Å². The summed E-state index contributed by atoms with van der Waals surface area (Å²) in [4.78, 5) is 28.4. The van der Waals surface area contributed by atoms with Crippen molar-refractivity contribution in [2.75, 3.05) is 19.1 Å². The molecular weight excluding hydrogens is 449 g/mol. The number of allylic oxidation sites excluding steroid dienone is 3. The molecule has 2 aliphatic rings. The van der Waals surface area contributed by atoms with E-state index in [2.05, 4.69) is 6.58 Å². The Morgan fingerprint density at radius 2 is 1.85 bits per heavy atom. The first kappa shape index (κ1) is 22.9. The molecule has 0 radical (unpaired) electrons. The van der Waals surface area contributed by atoms with Gasteiger partial charge in [-0.05, 0) is 54.8 Å². The fraction of sp³-hybridized carbons (Fsp3) is 0.280. The Morgan fingerprint density at radius 1 is 1.21 bits per heavy atom. The summed E-state index contributed by atoms with van der Waals surface area (Å²) in [6, 6.07) is 7.02. The number of benzene rings is 2. The van der Waals surface area contributed by atoms with Crippen LogP contribution in [0.3, 0.4) is 0 Å². The third kappa shape index (κ3) is 3.30. The lowest BCUT2D eigenvalue weighted by molar-refractivity contribution is -0.127. The van der Waals surface area contributed by atoms with Gasteiger partial charge < -0.3 is 14.6 Å². The molecule has 0 bridgehead atoms. The highest BCUT2D eigenvalue weighted by atomic mass is 35.5. The van der Waals surface area contributed by atoms with Crippen LogP contribution >= 0.6 is 11.6 Å². The Labute approximate surface area is 195 Å². The van der Waals surface area contributed by atoms with Crippen LogP contribution in [0.1, 0.15) is 24.8 Å². The molecule has 0 spiro atoms. The van der Waals surface area contributed by atoms with Gasteiger partial charge in [0.1, 0.15) is 5.82 Å². The first-order chi connectivity index (χ1) is 15.7. The summed E-state index contributed by atoms with van der Waals surface area (Å²) in [5.74, 6) is -2.49. The van der Waals surface area contributed by atoms with Gasteiger partial charge in [-0.1, -0.05) is 30.3 Å². The number of halogens is 2. The van der Waals surface area contributed by atoms with Gasteiger partial charge in [0, 0.05) is 5.92 Å². The van der Waals surface area contributed by atoms with E-state index in [1.54, 1.807) is 25.1 Å². The molecular formula is C25H23ClFNO5. The molecule has 0 saturated carbocycles. The highest BCUT2D eigenvalue weighted by molar-refractivity contribution is 6.31. The lowest BCUT2D eigenvalue weighted by Crippen LogP contribution is -2.41. The number of carbonyl (C=O) groups excluding carboxylic acids is 2. The summed E-state index contributed by atoms with van der Waals surface area (Å²) in [6.07, 6.45) is 3.89. The molecule has 1 heterocycles. The van der Waals surface area contributed by atoms with Crippen LogP contribution < -0.4 is 14.4 Å². The molecule has 6 nitrogen and oxygen atoms in total. The minimum Gasteiger partial charge on any atom is -0.502 e. The quantitative estimate of drug-likeness (QED) is 0.621. The minimum absolute atomic E-state index is 0.165. The Kier molecular flexibility index (Phi) is 5.70. The van der Waals surface area contributed by atoms with Gasteiger partial charge in [-0.15, -0.1) is 0 Å². The van der Waals surface area contributed by atoms with Crippen molar-refractivity contribution >= 4 is 29.1 Å². The molecule has 33 heavy (non-hydrogen) atoms. The van der Waals surface area contributed by atoms with Crippen LogP contribution in [0.4, 0.5) is 10.1 Å². The number of hydrogen-bond acceptors (Lipinski definition) is 5. The van der Waals surface area contributed by atoms with E-state index >= 15 is 0 Å². The number of ether oxygens (including phenoxy) is 2. The van der Waals surface area contributed by atoms with Crippen LogP contribution in [0, 0.1) is 17.2 Å². The van der Waals surface area contributed by atoms with Gasteiger partial charge in [0.05, 0.1) is 36.3 Å². The first-order valence-electron chi connectivity index (χ1n) is 10.3. The lowest BCUT2D eigenvalue weighted by Gasteiger charge is -2.40. The standard InChI is InChI=1S/C25H23ClFNO5/c1-5-13-6-8-16-23(30)28(15-7-9-18(27)17(26)12-15)24(31)25(16,2)21(13)14-10-19(32-3)22(29)20(11-14)33-4/h5-7,9-12,16,21,29H,1,8H2,2-4H3. The average molecular weight is 472 g/mol. The van der Waals surface area contributed by atoms with Gasteiger partial charge in [-0.3, -0.25) is 9.59 Å². The van der Waals surface area contributed by atoms with Crippen molar-refractivity contribution in [1.82, 2.24) is 0 Å².